The second-order valence-corrected chi connectivity index (χ2v) is 17.5. The van der Waals surface area contributed by atoms with E-state index in [2.05, 4.69) is 26.1 Å². The van der Waals surface area contributed by atoms with E-state index in [0.29, 0.717) is 36.0 Å². The van der Waals surface area contributed by atoms with Crippen molar-refractivity contribution in [1.29, 1.82) is 0 Å². The van der Waals surface area contributed by atoms with E-state index >= 15 is 0 Å². The Morgan fingerprint density at radius 2 is 1.55 bits per heavy atom. The number of rotatable bonds is 10. The van der Waals surface area contributed by atoms with Crippen molar-refractivity contribution in [2.45, 2.75) is 121 Å². The van der Waals surface area contributed by atoms with Crippen molar-refractivity contribution in [3.05, 3.63) is 29.3 Å². The summed E-state index contributed by atoms with van der Waals surface area (Å²) >= 11 is 0. The first kappa shape index (κ1) is 38.1. The lowest BCUT2D eigenvalue weighted by Gasteiger charge is -2.61. The summed E-state index contributed by atoms with van der Waals surface area (Å²) in [7, 11) is -5.01. The zero-order valence-corrected chi connectivity index (χ0v) is 29.0. The Kier molecular flexibility index (Phi) is 10.7. The highest BCUT2D eigenvalue weighted by Gasteiger charge is 2.60. The van der Waals surface area contributed by atoms with Crippen molar-refractivity contribution in [2.24, 2.45) is 46.3 Å². The Morgan fingerprint density at radius 1 is 0.939 bits per heavy atom. The summed E-state index contributed by atoms with van der Waals surface area (Å²) in [5.41, 5.74) is -3.16. The third kappa shape index (κ3) is 7.71. The van der Waals surface area contributed by atoms with E-state index in [9.17, 15) is 49.5 Å². The van der Waals surface area contributed by atoms with Crippen molar-refractivity contribution in [3.8, 4) is 0 Å². The number of aldehydes is 1. The molecule has 4 saturated carbocycles. The zero-order valence-electron chi connectivity index (χ0n) is 28.2. The molecule has 0 heterocycles. The molecule has 7 nitrogen and oxygen atoms in total. The number of amides is 1. The van der Waals surface area contributed by atoms with Gasteiger partial charge in [0.25, 0.3) is 0 Å². The first-order chi connectivity index (χ1) is 22.7. The molecule has 276 valence electrons. The van der Waals surface area contributed by atoms with Crippen LogP contribution in [0.3, 0.4) is 0 Å². The van der Waals surface area contributed by atoms with E-state index in [0.717, 1.165) is 32.1 Å². The summed E-state index contributed by atoms with van der Waals surface area (Å²) in [5, 5.41) is 12.8. The molecule has 1 aromatic rings. The quantitative estimate of drug-likeness (QED) is 0.176. The number of sulfonamides is 1. The minimum atomic E-state index is -5.25. The predicted octanol–water partition coefficient (Wildman–Crippen LogP) is 7.12. The smallest absolute Gasteiger partial charge is 0.393 e. The first-order valence-electron chi connectivity index (χ1n) is 17.4. The molecule has 3 N–H and O–H groups in total. The van der Waals surface area contributed by atoms with Gasteiger partial charge in [0.1, 0.15) is 6.29 Å². The van der Waals surface area contributed by atoms with Gasteiger partial charge in [-0.15, -0.1) is 0 Å². The summed E-state index contributed by atoms with van der Waals surface area (Å²) in [6, 6.07) is -1.69. The number of carbonyl (C=O) groups excluding carboxylic acids is 2. The maximum absolute atomic E-state index is 13.2. The van der Waals surface area contributed by atoms with Gasteiger partial charge in [0.2, 0.25) is 15.9 Å². The van der Waals surface area contributed by atoms with E-state index < -0.39 is 56.9 Å². The van der Waals surface area contributed by atoms with Crippen LogP contribution in [0.5, 0.6) is 0 Å². The molecule has 0 spiro atoms. The molecule has 10 atom stereocenters. The molecular weight excluding hydrogens is 674 g/mol. The monoisotopic (exact) mass is 722 g/mol. The van der Waals surface area contributed by atoms with E-state index in [-0.39, 0.29) is 53.8 Å². The average Bonchev–Trinajstić information content (AvgIpc) is 3.38. The number of aliphatic hydroxyl groups excluding tert-OH is 1. The Hall–Kier alpha value is -2.19. The zero-order chi connectivity index (χ0) is 36.2. The minimum absolute atomic E-state index is 0.0620. The van der Waals surface area contributed by atoms with Gasteiger partial charge in [0, 0.05) is 13.0 Å². The molecule has 0 saturated heterocycles. The summed E-state index contributed by atoms with van der Waals surface area (Å²) < 4.78 is 107. The molecule has 0 bridgehead atoms. The highest BCUT2D eigenvalue weighted by Crippen LogP contribution is 2.68. The Balaban J connectivity index is 1.15. The summed E-state index contributed by atoms with van der Waals surface area (Å²) in [6.45, 7) is 6.52. The van der Waals surface area contributed by atoms with Crippen LogP contribution in [0.4, 0.5) is 26.3 Å². The Morgan fingerprint density at radius 3 is 2.16 bits per heavy atom. The molecular formula is C35H48F6N2O5S. The van der Waals surface area contributed by atoms with Gasteiger partial charge in [-0.1, -0.05) is 20.8 Å². The van der Waals surface area contributed by atoms with Crippen LogP contribution in [-0.4, -0.2) is 44.4 Å². The van der Waals surface area contributed by atoms with E-state index in [1.165, 1.54) is 25.7 Å². The van der Waals surface area contributed by atoms with Crippen LogP contribution >= 0.6 is 0 Å². The second kappa shape index (κ2) is 13.7. The number of hydrogen-bond acceptors (Lipinski definition) is 5. The van der Waals surface area contributed by atoms with Gasteiger partial charge in [0.15, 0.2) is 0 Å². The molecule has 14 heteroatoms. The fraction of sp³-hybridized carbons (Fsp3) is 0.771. The number of benzene rings is 1. The van der Waals surface area contributed by atoms with Crippen molar-refractivity contribution >= 4 is 22.2 Å². The number of aliphatic hydroxyl groups is 1. The number of alkyl halides is 6. The SMILES string of the molecule is C[C@H](CCC(=O)NCC(C=O)NS(=O)(=O)c1cc(C(F)(F)F)cc(C(F)(F)F)c1)[C@H]1CC[C@H]2[C@@H]3CC[C@@H]4C[C@H](O)CC[C@]4(C)[C@H]3CC[C@]12C. The van der Waals surface area contributed by atoms with Crippen molar-refractivity contribution in [1.82, 2.24) is 10.0 Å². The van der Waals surface area contributed by atoms with Crippen LogP contribution in [-0.2, 0) is 32.0 Å². The highest BCUT2D eigenvalue weighted by molar-refractivity contribution is 7.89. The van der Waals surface area contributed by atoms with Crippen molar-refractivity contribution in [3.63, 3.8) is 0 Å². The van der Waals surface area contributed by atoms with Crippen LogP contribution in [0.2, 0.25) is 0 Å². The number of halogens is 6. The van der Waals surface area contributed by atoms with Crippen LogP contribution in [0.15, 0.2) is 23.1 Å². The van der Waals surface area contributed by atoms with Crippen LogP contribution in [0.25, 0.3) is 0 Å². The molecule has 0 aliphatic heterocycles. The van der Waals surface area contributed by atoms with Gasteiger partial charge in [-0.3, -0.25) is 4.79 Å². The molecule has 4 aliphatic rings. The second-order valence-electron chi connectivity index (χ2n) is 15.7. The Labute approximate surface area is 284 Å². The summed E-state index contributed by atoms with van der Waals surface area (Å²) in [5.74, 6) is 2.81. The third-order valence-corrected chi connectivity index (χ3v) is 14.6. The molecule has 1 unspecified atom stereocenters. The molecule has 5 rings (SSSR count). The maximum atomic E-state index is 13.2. The average molecular weight is 723 g/mol. The largest absolute Gasteiger partial charge is 0.416 e. The lowest BCUT2D eigenvalue weighted by molar-refractivity contribution is -0.143. The lowest BCUT2D eigenvalue weighted by Crippen LogP contribution is -2.54. The molecule has 1 amide bonds. The van der Waals surface area contributed by atoms with Crippen molar-refractivity contribution in [2.75, 3.05) is 6.54 Å². The molecule has 49 heavy (non-hydrogen) atoms. The van der Waals surface area contributed by atoms with E-state index in [1.54, 1.807) is 4.72 Å². The standard InChI is InChI=1S/C35H48F6N2O5S/c1-20(28-7-8-29-27-6-5-21-15-25(45)10-12-32(21,2)30(27)11-13-33(28,29)3)4-9-31(46)42-18-24(19-44)43-49(47,48)26-16-22(34(36,37)38)14-23(17-26)35(39,40)41/h14,16-17,19-21,24-25,27-30,43,45H,4-13,15,18H2,1-3H3,(H,42,46)/t20-,21-,24?,25-,27+,28-,29+,30+,32+,33-/m1/s1. The van der Waals surface area contributed by atoms with Crippen LogP contribution in [0.1, 0.15) is 103 Å². The summed E-state index contributed by atoms with van der Waals surface area (Å²) in [6.07, 6.45) is -0.00352. The molecule has 0 aromatic heterocycles. The van der Waals surface area contributed by atoms with Gasteiger partial charge in [-0.05, 0) is 129 Å². The third-order valence-electron chi connectivity index (χ3n) is 13.1. The van der Waals surface area contributed by atoms with Crippen LogP contribution in [0, 0.1) is 46.3 Å². The fourth-order valence-electron chi connectivity index (χ4n) is 10.5. The highest BCUT2D eigenvalue weighted by atomic mass is 32.2. The number of nitrogens with one attached hydrogen (secondary N) is 2. The van der Waals surface area contributed by atoms with Gasteiger partial charge in [-0.2, -0.15) is 31.1 Å². The summed E-state index contributed by atoms with van der Waals surface area (Å²) in [4.78, 5) is 23.1. The van der Waals surface area contributed by atoms with Gasteiger partial charge < -0.3 is 15.2 Å². The van der Waals surface area contributed by atoms with Gasteiger partial charge in [0.05, 0.1) is 28.2 Å². The molecule has 0 radical (unpaired) electrons. The number of hydrogen-bond donors (Lipinski definition) is 3. The molecule has 4 fully saturated rings. The van der Waals surface area contributed by atoms with E-state index in [1.807, 2.05) is 0 Å². The topological polar surface area (TPSA) is 113 Å². The Bertz CT molecular complexity index is 1470. The lowest BCUT2D eigenvalue weighted by atomic mass is 9.44. The number of fused-ring (bicyclic) bond motifs is 5. The van der Waals surface area contributed by atoms with Crippen molar-refractivity contribution < 1.29 is 49.5 Å². The minimum Gasteiger partial charge on any atom is -0.393 e. The maximum Gasteiger partial charge on any atom is 0.416 e. The molecule has 4 aliphatic carbocycles. The van der Waals surface area contributed by atoms with Gasteiger partial charge >= 0.3 is 12.4 Å². The first-order valence-corrected chi connectivity index (χ1v) is 18.9. The fourth-order valence-corrected chi connectivity index (χ4v) is 11.8. The van der Waals surface area contributed by atoms with E-state index in [4.69, 9.17) is 0 Å². The number of carbonyl (C=O) groups is 2. The van der Waals surface area contributed by atoms with Gasteiger partial charge in [-0.25, -0.2) is 8.42 Å². The normalized spacial score (nSPS) is 34.7. The molecule has 1 aromatic carbocycles. The van der Waals surface area contributed by atoms with Crippen LogP contribution < -0.4 is 10.0 Å². The predicted molar refractivity (Wildman–Crippen MR) is 169 cm³/mol.